The first-order chi connectivity index (χ1) is 7.59. The van der Waals surface area contributed by atoms with Crippen LogP contribution in [0, 0.1) is 11.8 Å². The SMILES string of the molecule is CC(=O)C1CCN(CCOCC(C)C)CC1. The zero-order chi connectivity index (χ0) is 12.0. The van der Waals surface area contributed by atoms with Crippen LogP contribution in [0.5, 0.6) is 0 Å². The summed E-state index contributed by atoms with van der Waals surface area (Å²) < 4.78 is 5.56. The Hall–Kier alpha value is -0.410. The number of rotatable bonds is 6. The summed E-state index contributed by atoms with van der Waals surface area (Å²) in [5, 5.41) is 0. The van der Waals surface area contributed by atoms with Crippen LogP contribution in [0.2, 0.25) is 0 Å². The van der Waals surface area contributed by atoms with Crippen molar-refractivity contribution < 1.29 is 9.53 Å². The summed E-state index contributed by atoms with van der Waals surface area (Å²) in [6.45, 7) is 10.8. The van der Waals surface area contributed by atoms with Crippen LogP contribution in [0.4, 0.5) is 0 Å². The standard InChI is InChI=1S/C13H25NO2/c1-11(2)10-16-9-8-14-6-4-13(5-7-14)12(3)15/h11,13H,4-10H2,1-3H3. The van der Waals surface area contributed by atoms with Gasteiger partial charge in [-0.1, -0.05) is 13.8 Å². The molecule has 0 aromatic heterocycles. The molecule has 0 bridgehead atoms. The molecule has 0 aliphatic carbocycles. The van der Waals surface area contributed by atoms with E-state index in [0.29, 0.717) is 17.6 Å². The molecule has 1 heterocycles. The summed E-state index contributed by atoms with van der Waals surface area (Å²) in [6, 6.07) is 0. The van der Waals surface area contributed by atoms with E-state index in [1.165, 1.54) is 0 Å². The molecule has 0 saturated carbocycles. The number of likely N-dealkylation sites (tertiary alicyclic amines) is 1. The molecule has 0 atom stereocenters. The number of hydrogen-bond donors (Lipinski definition) is 0. The van der Waals surface area contributed by atoms with Gasteiger partial charge in [0.25, 0.3) is 0 Å². The van der Waals surface area contributed by atoms with Gasteiger partial charge in [0.2, 0.25) is 0 Å². The number of ether oxygens (including phenoxy) is 1. The molecule has 1 rings (SSSR count). The molecular formula is C13H25NO2. The molecule has 3 nitrogen and oxygen atoms in total. The third kappa shape index (κ3) is 5.08. The van der Waals surface area contributed by atoms with E-state index in [-0.39, 0.29) is 0 Å². The molecule has 16 heavy (non-hydrogen) atoms. The molecule has 1 aliphatic heterocycles. The Balaban J connectivity index is 2.06. The van der Waals surface area contributed by atoms with E-state index in [1.54, 1.807) is 6.92 Å². The van der Waals surface area contributed by atoms with E-state index in [2.05, 4.69) is 18.7 Å². The lowest BCUT2D eigenvalue weighted by atomic mass is 9.93. The Kier molecular flexibility index (Phi) is 5.99. The predicted octanol–water partition coefficient (Wildman–Crippen LogP) is 1.96. The second kappa shape index (κ2) is 7.02. The van der Waals surface area contributed by atoms with Crippen LogP contribution in [0.15, 0.2) is 0 Å². The van der Waals surface area contributed by atoms with Crippen LogP contribution in [0.25, 0.3) is 0 Å². The van der Waals surface area contributed by atoms with Crippen molar-refractivity contribution >= 4 is 5.78 Å². The molecular weight excluding hydrogens is 202 g/mol. The average Bonchev–Trinajstić information content (AvgIpc) is 2.25. The lowest BCUT2D eigenvalue weighted by Crippen LogP contribution is -2.37. The zero-order valence-corrected chi connectivity index (χ0v) is 10.9. The van der Waals surface area contributed by atoms with Crippen molar-refractivity contribution in [2.75, 3.05) is 32.8 Å². The normalized spacial score (nSPS) is 19.2. The highest BCUT2D eigenvalue weighted by molar-refractivity contribution is 5.78. The largest absolute Gasteiger partial charge is 0.380 e. The number of carbonyl (C=O) groups is 1. The van der Waals surface area contributed by atoms with Crippen LogP contribution in [-0.4, -0.2) is 43.5 Å². The van der Waals surface area contributed by atoms with Gasteiger partial charge in [-0.25, -0.2) is 0 Å². The highest BCUT2D eigenvalue weighted by Gasteiger charge is 2.21. The molecule has 3 heteroatoms. The van der Waals surface area contributed by atoms with E-state index in [0.717, 1.165) is 45.7 Å². The zero-order valence-electron chi connectivity index (χ0n) is 10.9. The summed E-state index contributed by atoms with van der Waals surface area (Å²) in [4.78, 5) is 13.6. The fraction of sp³-hybridized carbons (Fsp3) is 0.923. The number of Topliss-reactive ketones (excluding diaryl/α,β-unsaturated/α-hetero) is 1. The first-order valence-electron chi connectivity index (χ1n) is 6.40. The second-order valence-corrected chi connectivity index (χ2v) is 5.20. The Morgan fingerprint density at radius 1 is 1.38 bits per heavy atom. The van der Waals surface area contributed by atoms with Gasteiger partial charge in [0, 0.05) is 19.1 Å². The maximum atomic E-state index is 11.2. The van der Waals surface area contributed by atoms with Gasteiger partial charge in [0.05, 0.1) is 6.61 Å². The van der Waals surface area contributed by atoms with E-state index in [1.807, 2.05) is 0 Å². The van der Waals surface area contributed by atoms with Gasteiger partial charge in [-0.15, -0.1) is 0 Å². The number of carbonyl (C=O) groups excluding carboxylic acids is 1. The van der Waals surface area contributed by atoms with Gasteiger partial charge in [-0.05, 0) is 38.8 Å². The van der Waals surface area contributed by atoms with Crippen LogP contribution in [0.3, 0.4) is 0 Å². The lowest BCUT2D eigenvalue weighted by molar-refractivity contribution is -0.122. The minimum Gasteiger partial charge on any atom is -0.380 e. The predicted molar refractivity (Wildman–Crippen MR) is 65.5 cm³/mol. The highest BCUT2D eigenvalue weighted by atomic mass is 16.5. The Morgan fingerprint density at radius 2 is 2.00 bits per heavy atom. The maximum absolute atomic E-state index is 11.2. The van der Waals surface area contributed by atoms with Gasteiger partial charge < -0.3 is 9.64 Å². The maximum Gasteiger partial charge on any atom is 0.133 e. The quantitative estimate of drug-likeness (QED) is 0.650. The molecule has 1 saturated heterocycles. The minimum absolute atomic E-state index is 0.313. The fourth-order valence-corrected chi connectivity index (χ4v) is 2.08. The van der Waals surface area contributed by atoms with Crippen molar-refractivity contribution in [2.24, 2.45) is 11.8 Å². The summed E-state index contributed by atoms with van der Waals surface area (Å²) >= 11 is 0. The van der Waals surface area contributed by atoms with Crippen molar-refractivity contribution in [3.63, 3.8) is 0 Å². The summed E-state index contributed by atoms with van der Waals surface area (Å²) in [6.07, 6.45) is 2.05. The van der Waals surface area contributed by atoms with Crippen molar-refractivity contribution in [1.82, 2.24) is 4.90 Å². The molecule has 0 spiro atoms. The third-order valence-corrected chi connectivity index (χ3v) is 3.17. The number of hydrogen-bond acceptors (Lipinski definition) is 3. The summed E-state index contributed by atoms with van der Waals surface area (Å²) in [5.41, 5.74) is 0. The molecule has 0 aromatic rings. The first kappa shape index (κ1) is 13.7. The average molecular weight is 227 g/mol. The van der Waals surface area contributed by atoms with Crippen LogP contribution in [0.1, 0.15) is 33.6 Å². The van der Waals surface area contributed by atoms with Gasteiger partial charge in [-0.2, -0.15) is 0 Å². The van der Waals surface area contributed by atoms with Crippen LogP contribution >= 0.6 is 0 Å². The molecule has 1 fully saturated rings. The Bertz CT molecular complexity index is 208. The summed E-state index contributed by atoms with van der Waals surface area (Å²) in [5.74, 6) is 1.28. The smallest absolute Gasteiger partial charge is 0.133 e. The van der Waals surface area contributed by atoms with E-state index < -0.39 is 0 Å². The van der Waals surface area contributed by atoms with E-state index in [4.69, 9.17) is 4.74 Å². The molecule has 0 unspecified atom stereocenters. The highest BCUT2D eigenvalue weighted by Crippen LogP contribution is 2.17. The molecule has 1 aliphatic rings. The minimum atomic E-state index is 0.313. The fourth-order valence-electron chi connectivity index (χ4n) is 2.08. The number of ketones is 1. The van der Waals surface area contributed by atoms with Gasteiger partial charge in [0.15, 0.2) is 0 Å². The number of nitrogens with zero attached hydrogens (tertiary/aromatic N) is 1. The Morgan fingerprint density at radius 3 is 2.50 bits per heavy atom. The number of piperidine rings is 1. The molecule has 0 amide bonds. The third-order valence-electron chi connectivity index (χ3n) is 3.17. The van der Waals surface area contributed by atoms with Gasteiger partial charge in [-0.3, -0.25) is 4.79 Å². The topological polar surface area (TPSA) is 29.5 Å². The molecule has 0 N–H and O–H groups in total. The van der Waals surface area contributed by atoms with Crippen molar-refractivity contribution in [2.45, 2.75) is 33.6 Å². The molecule has 0 radical (unpaired) electrons. The van der Waals surface area contributed by atoms with Crippen LogP contribution < -0.4 is 0 Å². The van der Waals surface area contributed by atoms with Crippen molar-refractivity contribution in [3.8, 4) is 0 Å². The van der Waals surface area contributed by atoms with Crippen LogP contribution in [-0.2, 0) is 9.53 Å². The van der Waals surface area contributed by atoms with Gasteiger partial charge >= 0.3 is 0 Å². The molecule has 94 valence electrons. The van der Waals surface area contributed by atoms with E-state index in [9.17, 15) is 4.79 Å². The van der Waals surface area contributed by atoms with Crippen molar-refractivity contribution in [1.29, 1.82) is 0 Å². The monoisotopic (exact) mass is 227 g/mol. The second-order valence-electron chi connectivity index (χ2n) is 5.20. The van der Waals surface area contributed by atoms with E-state index >= 15 is 0 Å². The Labute approximate surface area is 99.1 Å². The lowest BCUT2D eigenvalue weighted by Gasteiger charge is -2.30. The molecule has 0 aromatic carbocycles. The van der Waals surface area contributed by atoms with Gasteiger partial charge in [0.1, 0.15) is 5.78 Å². The first-order valence-corrected chi connectivity index (χ1v) is 6.40. The summed E-state index contributed by atoms with van der Waals surface area (Å²) in [7, 11) is 0. The van der Waals surface area contributed by atoms with Crippen molar-refractivity contribution in [3.05, 3.63) is 0 Å².